The molecule has 1 aliphatic heterocycles. The summed E-state index contributed by atoms with van der Waals surface area (Å²) >= 11 is 6.75. The minimum Gasteiger partial charge on any atom is -0.495 e. The lowest BCUT2D eigenvalue weighted by Crippen LogP contribution is -2.59. The topological polar surface area (TPSA) is 162 Å². The van der Waals surface area contributed by atoms with Crippen LogP contribution in [0.2, 0.25) is 0 Å². The molecule has 15 heteroatoms. The summed E-state index contributed by atoms with van der Waals surface area (Å²) in [7, 11) is 2.76. The Balaban J connectivity index is 1.49. The van der Waals surface area contributed by atoms with E-state index in [4.69, 9.17) is 18.9 Å². The third kappa shape index (κ3) is 8.03. The number of carbonyl (C=O) groups excluding carboxylic acids is 5. The van der Waals surface area contributed by atoms with Crippen molar-refractivity contribution in [1.29, 1.82) is 0 Å². The van der Waals surface area contributed by atoms with Crippen LogP contribution in [0.3, 0.4) is 0 Å². The SMILES string of the molecule is C=C[C@@H]1C[C@]1(NC(=O)[C@@H]1C[C@@H](Oc2cc(C(=O)CBr)nc3c(Br)c(OC)ccc23)CN1C(=O)[C@@H](NC(=O)OC1CCCC1)C(C)(C)C)C(=O)OC. The maximum Gasteiger partial charge on any atom is 0.408 e. The molecule has 0 spiro atoms. The molecule has 3 amide bonds. The molecule has 2 aromatic rings. The maximum absolute atomic E-state index is 14.5. The molecule has 5 rings (SSSR count). The zero-order valence-electron chi connectivity index (χ0n) is 29.4. The number of benzene rings is 1. The Morgan fingerprint density at radius 1 is 1.12 bits per heavy atom. The Bertz CT molecular complexity index is 1720. The predicted octanol–water partition coefficient (Wildman–Crippen LogP) is 5.25. The van der Waals surface area contributed by atoms with E-state index in [-0.39, 0.29) is 41.8 Å². The van der Waals surface area contributed by atoms with Gasteiger partial charge >= 0.3 is 12.1 Å². The van der Waals surface area contributed by atoms with Crippen molar-refractivity contribution in [2.24, 2.45) is 11.3 Å². The standard InChI is InChI=1S/C36H44Br2N4O9/c1-7-19-16-36(19,33(46)49-6)41-31(44)24-14-21(18-42(24)32(45)30(35(2,3)4)40-34(47)51-20-10-8-9-11-20)50-27-15-23(25(43)17-37)39-29-22(27)12-13-26(48-5)28(29)38/h7,12-13,15,19-21,24,30H,1,8-11,14,16-18H2,2-6H3,(H,40,47)(H,41,44)/t19-,21-,24+,30-,36-/m1/s1. The van der Waals surface area contributed by atoms with Gasteiger partial charge in [0.2, 0.25) is 11.8 Å². The molecule has 276 valence electrons. The van der Waals surface area contributed by atoms with E-state index in [9.17, 15) is 24.0 Å². The third-order valence-electron chi connectivity index (χ3n) is 9.76. The molecule has 2 aliphatic carbocycles. The summed E-state index contributed by atoms with van der Waals surface area (Å²) in [6, 6.07) is 2.87. The highest BCUT2D eigenvalue weighted by molar-refractivity contribution is 9.10. The van der Waals surface area contributed by atoms with E-state index in [1.807, 2.05) is 20.8 Å². The highest BCUT2D eigenvalue weighted by Crippen LogP contribution is 2.46. The molecule has 3 aliphatic rings. The van der Waals surface area contributed by atoms with Crippen LogP contribution >= 0.6 is 31.9 Å². The second-order valence-electron chi connectivity index (χ2n) is 14.3. The number of ketones is 1. The van der Waals surface area contributed by atoms with Crippen molar-refractivity contribution >= 4 is 72.4 Å². The van der Waals surface area contributed by atoms with Crippen molar-refractivity contribution < 1.29 is 42.9 Å². The van der Waals surface area contributed by atoms with Gasteiger partial charge in [-0.3, -0.25) is 14.4 Å². The second-order valence-corrected chi connectivity index (χ2v) is 15.6. The first-order valence-electron chi connectivity index (χ1n) is 16.9. The first kappa shape index (κ1) is 38.5. The summed E-state index contributed by atoms with van der Waals surface area (Å²) in [5, 5.41) is 6.22. The van der Waals surface area contributed by atoms with E-state index in [1.165, 1.54) is 25.2 Å². The number of likely N-dealkylation sites (tertiary alicyclic amines) is 1. The molecule has 51 heavy (non-hydrogen) atoms. The molecule has 1 saturated heterocycles. The summed E-state index contributed by atoms with van der Waals surface area (Å²) in [4.78, 5) is 73.3. The van der Waals surface area contributed by atoms with Crippen LogP contribution in [0, 0.1) is 11.3 Å². The first-order valence-corrected chi connectivity index (χ1v) is 18.8. The minimum absolute atomic E-state index is 0.0263. The Morgan fingerprint density at radius 2 is 1.82 bits per heavy atom. The summed E-state index contributed by atoms with van der Waals surface area (Å²) in [5.41, 5.74) is -1.50. The quantitative estimate of drug-likeness (QED) is 0.125. The van der Waals surface area contributed by atoms with Gasteiger partial charge in [0.15, 0.2) is 5.78 Å². The van der Waals surface area contributed by atoms with E-state index in [0.717, 1.165) is 25.7 Å². The van der Waals surface area contributed by atoms with Gasteiger partial charge in [-0.2, -0.15) is 0 Å². The highest BCUT2D eigenvalue weighted by atomic mass is 79.9. The Hall–Kier alpha value is -3.72. The van der Waals surface area contributed by atoms with Gasteiger partial charge in [0.05, 0.1) is 36.1 Å². The van der Waals surface area contributed by atoms with Gasteiger partial charge in [-0.05, 0) is 65.6 Å². The number of rotatable bonds is 12. The summed E-state index contributed by atoms with van der Waals surface area (Å²) in [6.07, 6.45) is 3.74. The molecule has 5 atom stereocenters. The highest BCUT2D eigenvalue weighted by Gasteiger charge is 2.62. The lowest BCUT2D eigenvalue weighted by Gasteiger charge is -2.35. The monoisotopic (exact) mass is 834 g/mol. The summed E-state index contributed by atoms with van der Waals surface area (Å²) in [5.74, 6) is -1.50. The van der Waals surface area contributed by atoms with Gasteiger partial charge in [0, 0.05) is 23.8 Å². The van der Waals surface area contributed by atoms with Crippen molar-refractivity contribution in [3.63, 3.8) is 0 Å². The number of carbonyl (C=O) groups is 5. The molecule has 0 radical (unpaired) electrons. The molecule has 13 nitrogen and oxygen atoms in total. The van der Waals surface area contributed by atoms with E-state index in [0.29, 0.717) is 33.3 Å². The largest absolute Gasteiger partial charge is 0.495 e. The molecule has 1 aromatic carbocycles. The molecule has 1 aromatic heterocycles. The van der Waals surface area contributed by atoms with Crippen molar-refractivity contribution in [1.82, 2.24) is 20.5 Å². The average Bonchev–Trinajstić information content (AvgIpc) is 3.36. The van der Waals surface area contributed by atoms with Crippen molar-refractivity contribution in [2.75, 3.05) is 26.1 Å². The number of Topliss-reactive ketones (excluding diaryl/α,β-unsaturated/α-hetero) is 1. The lowest BCUT2D eigenvalue weighted by atomic mass is 9.85. The van der Waals surface area contributed by atoms with Gasteiger partial charge in [0.1, 0.15) is 47.0 Å². The number of pyridine rings is 1. The zero-order valence-corrected chi connectivity index (χ0v) is 32.6. The molecule has 2 heterocycles. The molecule has 0 unspecified atom stereocenters. The number of alkyl halides is 1. The number of methoxy groups -OCH3 is 2. The van der Waals surface area contributed by atoms with Gasteiger partial charge in [-0.1, -0.05) is 42.8 Å². The number of fused-ring (bicyclic) bond motifs is 1. The average molecular weight is 837 g/mol. The Labute approximate surface area is 313 Å². The van der Waals surface area contributed by atoms with E-state index in [1.54, 1.807) is 18.2 Å². The van der Waals surface area contributed by atoms with Crippen LogP contribution in [0.25, 0.3) is 10.9 Å². The van der Waals surface area contributed by atoms with E-state index >= 15 is 0 Å². The second kappa shape index (κ2) is 15.5. The number of ether oxygens (including phenoxy) is 4. The number of amides is 3. The summed E-state index contributed by atoms with van der Waals surface area (Å²) in [6.45, 7) is 9.18. The molecule has 2 N–H and O–H groups in total. The van der Waals surface area contributed by atoms with Gasteiger partial charge < -0.3 is 34.5 Å². The fourth-order valence-corrected chi connectivity index (χ4v) is 7.72. The molecule has 3 fully saturated rings. The number of nitrogens with zero attached hydrogens (tertiary/aromatic N) is 2. The van der Waals surface area contributed by atoms with Crippen LogP contribution < -0.4 is 20.1 Å². The smallest absolute Gasteiger partial charge is 0.408 e. The minimum atomic E-state index is -1.30. The van der Waals surface area contributed by atoms with Gasteiger partial charge in [-0.25, -0.2) is 14.6 Å². The Morgan fingerprint density at radius 3 is 2.41 bits per heavy atom. The van der Waals surface area contributed by atoms with Crippen LogP contribution in [0.4, 0.5) is 4.79 Å². The van der Waals surface area contributed by atoms with E-state index < -0.39 is 53.0 Å². The Kier molecular flexibility index (Phi) is 11.7. The number of esters is 1. The predicted molar refractivity (Wildman–Crippen MR) is 195 cm³/mol. The van der Waals surface area contributed by atoms with Gasteiger partial charge in [0.25, 0.3) is 0 Å². The molecule has 2 saturated carbocycles. The van der Waals surface area contributed by atoms with Crippen LogP contribution in [-0.2, 0) is 23.9 Å². The van der Waals surface area contributed by atoms with Crippen molar-refractivity contribution in [3.8, 4) is 11.5 Å². The molecular weight excluding hydrogens is 792 g/mol. The number of hydrogen-bond acceptors (Lipinski definition) is 10. The summed E-state index contributed by atoms with van der Waals surface area (Å²) < 4.78 is 23.2. The zero-order chi connectivity index (χ0) is 37.2. The molecule has 0 bridgehead atoms. The van der Waals surface area contributed by atoms with Crippen LogP contribution in [-0.4, -0.2) is 95.5 Å². The first-order chi connectivity index (χ1) is 24.2. The molecular formula is C36H44Br2N4O9. The van der Waals surface area contributed by atoms with Gasteiger partial charge in [-0.15, -0.1) is 6.58 Å². The number of hydrogen-bond donors (Lipinski definition) is 2. The maximum atomic E-state index is 14.5. The number of alkyl carbamates (subject to hydrolysis) is 1. The normalized spacial score (nSPS) is 23.7. The number of nitrogens with one attached hydrogen (secondary N) is 2. The van der Waals surface area contributed by atoms with Crippen molar-refractivity contribution in [2.45, 2.75) is 89.1 Å². The lowest BCUT2D eigenvalue weighted by molar-refractivity contribution is -0.148. The number of halogens is 2. The van der Waals surface area contributed by atoms with Crippen LogP contribution in [0.5, 0.6) is 11.5 Å². The van der Waals surface area contributed by atoms with Crippen molar-refractivity contribution in [3.05, 3.63) is 41.0 Å². The van der Waals surface area contributed by atoms with Crippen LogP contribution in [0.15, 0.2) is 35.3 Å². The third-order valence-corrected chi connectivity index (χ3v) is 11.0. The fraction of sp³-hybridized carbons (Fsp3) is 0.556. The fourth-order valence-electron chi connectivity index (χ4n) is 6.84. The van der Waals surface area contributed by atoms with E-state index in [2.05, 4.69) is 54.1 Å². The van der Waals surface area contributed by atoms with Crippen LogP contribution in [0.1, 0.15) is 69.8 Å². The number of aromatic nitrogens is 1.